The molecule has 0 aliphatic carbocycles. The van der Waals surface area contributed by atoms with E-state index in [2.05, 4.69) is 10.1 Å². The van der Waals surface area contributed by atoms with Gasteiger partial charge in [-0.2, -0.15) is 5.10 Å². The Morgan fingerprint density at radius 1 is 1.28 bits per heavy atom. The van der Waals surface area contributed by atoms with Gasteiger partial charge < -0.3 is 4.74 Å². The molecule has 0 fully saturated rings. The third-order valence-electron chi connectivity index (χ3n) is 2.50. The summed E-state index contributed by atoms with van der Waals surface area (Å²) >= 11 is 1.65. The second kappa shape index (κ2) is 4.81. The van der Waals surface area contributed by atoms with Crippen LogP contribution in [0.1, 0.15) is 5.56 Å². The maximum atomic E-state index is 12.9. The first-order valence-corrected chi connectivity index (χ1v) is 6.44. The van der Waals surface area contributed by atoms with Gasteiger partial charge in [-0.15, -0.1) is 0 Å². The van der Waals surface area contributed by atoms with Crippen LogP contribution in [-0.4, -0.2) is 27.1 Å². The summed E-state index contributed by atoms with van der Waals surface area (Å²) in [6, 6.07) is 6.24. The lowest BCUT2D eigenvalue weighted by Gasteiger charge is -2.20. The van der Waals surface area contributed by atoms with Crippen LogP contribution in [0.2, 0.25) is 0 Å². The molecular formula is C12H10FN3OS. The van der Waals surface area contributed by atoms with Crippen molar-refractivity contribution in [2.45, 2.75) is 0 Å². The van der Waals surface area contributed by atoms with Crippen molar-refractivity contribution in [3.05, 3.63) is 48.3 Å². The van der Waals surface area contributed by atoms with Gasteiger partial charge in [0, 0.05) is 11.3 Å². The van der Waals surface area contributed by atoms with Crippen molar-refractivity contribution in [2.75, 3.05) is 12.4 Å². The normalized spacial score (nSPS) is 15.6. The molecule has 6 heteroatoms. The zero-order chi connectivity index (χ0) is 12.4. The van der Waals surface area contributed by atoms with E-state index in [1.807, 2.05) is 0 Å². The summed E-state index contributed by atoms with van der Waals surface area (Å²) in [7, 11) is 0. The fraction of sp³-hybridized carbons (Fsp3) is 0.167. The number of benzene rings is 1. The highest BCUT2D eigenvalue weighted by Gasteiger charge is 2.18. The van der Waals surface area contributed by atoms with Gasteiger partial charge in [0.05, 0.1) is 6.61 Å². The molecule has 0 atom stereocenters. The van der Waals surface area contributed by atoms with Gasteiger partial charge in [0.2, 0.25) is 0 Å². The predicted octanol–water partition coefficient (Wildman–Crippen LogP) is 2.46. The molecule has 0 unspecified atom stereocenters. The van der Waals surface area contributed by atoms with Crippen molar-refractivity contribution in [1.29, 1.82) is 0 Å². The number of nitrogens with zero attached hydrogens (tertiary/aromatic N) is 3. The van der Waals surface area contributed by atoms with Crippen LogP contribution in [0.3, 0.4) is 0 Å². The lowest BCUT2D eigenvalue weighted by Crippen LogP contribution is -2.10. The molecule has 0 N–H and O–H groups in total. The third-order valence-corrected chi connectivity index (χ3v) is 3.51. The Morgan fingerprint density at radius 3 is 2.83 bits per heavy atom. The summed E-state index contributed by atoms with van der Waals surface area (Å²) in [5.74, 6) is 1.32. The average molecular weight is 263 g/mol. The van der Waals surface area contributed by atoms with E-state index in [-0.39, 0.29) is 5.82 Å². The van der Waals surface area contributed by atoms with Crippen LogP contribution in [0.4, 0.5) is 4.39 Å². The molecule has 1 aliphatic heterocycles. The molecule has 2 aromatic rings. The van der Waals surface area contributed by atoms with Gasteiger partial charge in [0.1, 0.15) is 23.5 Å². The van der Waals surface area contributed by atoms with E-state index >= 15 is 0 Å². The maximum absolute atomic E-state index is 12.9. The number of halogens is 1. The van der Waals surface area contributed by atoms with Crippen LogP contribution in [0.5, 0.6) is 0 Å². The minimum atomic E-state index is -0.259. The number of hydrogen-bond acceptors (Lipinski definition) is 4. The molecule has 0 spiro atoms. The molecule has 0 saturated heterocycles. The van der Waals surface area contributed by atoms with E-state index in [1.165, 1.54) is 18.5 Å². The largest absolute Gasteiger partial charge is 0.489 e. The topological polar surface area (TPSA) is 39.9 Å². The quantitative estimate of drug-likeness (QED) is 0.834. The highest BCUT2D eigenvalue weighted by molar-refractivity contribution is 8.08. The lowest BCUT2D eigenvalue weighted by atomic mass is 10.2. The van der Waals surface area contributed by atoms with E-state index in [1.54, 1.807) is 34.9 Å². The van der Waals surface area contributed by atoms with Gasteiger partial charge in [-0.25, -0.2) is 14.1 Å². The summed E-state index contributed by atoms with van der Waals surface area (Å²) in [4.78, 5) is 3.93. The fourth-order valence-corrected chi connectivity index (χ4v) is 2.60. The molecule has 0 radical (unpaired) electrons. The van der Waals surface area contributed by atoms with Gasteiger partial charge in [0.25, 0.3) is 0 Å². The van der Waals surface area contributed by atoms with E-state index in [4.69, 9.17) is 4.74 Å². The first-order chi connectivity index (χ1) is 8.84. The standard InChI is InChI=1S/C12H10FN3OS/c13-10-3-1-9(2-4-10)11-12(18-6-5-17-11)16-8-14-7-15-16/h1-4,7-8H,5-6H2. The van der Waals surface area contributed by atoms with Crippen molar-refractivity contribution >= 4 is 22.6 Å². The second-order valence-electron chi connectivity index (χ2n) is 3.68. The minimum Gasteiger partial charge on any atom is -0.489 e. The van der Waals surface area contributed by atoms with E-state index in [0.29, 0.717) is 6.61 Å². The Balaban J connectivity index is 2.07. The summed E-state index contributed by atoms with van der Waals surface area (Å²) < 4.78 is 20.3. The number of hydrogen-bond donors (Lipinski definition) is 0. The van der Waals surface area contributed by atoms with Crippen LogP contribution in [0.15, 0.2) is 36.9 Å². The lowest BCUT2D eigenvalue weighted by molar-refractivity contribution is 0.299. The van der Waals surface area contributed by atoms with Gasteiger partial charge in [-0.3, -0.25) is 0 Å². The van der Waals surface area contributed by atoms with Crippen molar-refractivity contribution in [3.8, 4) is 0 Å². The molecule has 92 valence electrons. The molecule has 4 nitrogen and oxygen atoms in total. The maximum Gasteiger partial charge on any atom is 0.158 e. The van der Waals surface area contributed by atoms with Crippen molar-refractivity contribution in [3.63, 3.8) is 0 Å². The van der Waals surface area contributed by atoms with Crippen LogP contribution in [-0.2, 0) is 4.74 Å². The molecule has 3 rings (SSSR count). The SMILES string of the molecule is Fc1ccc(C2=C(n3cncn3)SCCO2)cc1. The molecule has 0 amide bonds. The first kappa shape index (κ1) is 11.3. The third kappa shape index (κ3) is 2.11. The van der Waals surface area contributed by atoms with Gasteiger partial charge in [-0.1, -0.05) is 11.8 Å². The number of rotatable bonds is 2. The number of thioether (sulfide) groups is 1. The molecular weight excluding hydrogens is 253 g/mol. The highest BCUT2D eigenvalue weighted by atomic mass is 32.2. The molecule has 1 aromatic carbocycles. The Morgan fingerprint density at radius 2 is 2.11 bits per heavy atom. The van der Waals surface area contributed by atoms with Crippen molar-refractivity contribution in [2.24, 2.45) is 0 Å². The molecule has 1 aromatic heterocycles. The summed E-state index contributed by atoms with van der Waals surface area (Å²) in [6.45, 7) is 0.634. The zero-order valence-electron chi connectivity index (χ0n) is 9.41. The minimum absolute atomic E-state index is 0.259. The van der Waals surface area contributed by atoms with E-state index in [0.717, 1.165) is 22.1 Å². The number of ether oxygens (including phenoxy) is 1. The number of aromatic nitrogens is 3. The Labute approximate surface area is 107 Å². The Kier molecular flexibility index (Phi) is 3.02. The van der Waals surface area contributed by atoms with Crippen LogP contribution < -0.4 is 0 Å². The van der Waals surface area contributed by atoms with Crippen LogP contribution in [0.25, 0.3) is 10.8 Å². The Hall–Kier alpha value is -1.82. The van der Waals surface area contributed by atoms with E-state index in [9.17, 15) is 4.39 Å². The molecule has 0 bridgehead atoms. The monoisotopic (exact) mass is 263 g/mol. The average Bonchev–Trinajstić information content (AvgIpc) is 2.93. The van der Waals surface area contributed by atoms with Gasteiger partial charge in [-0.05, 0) is 24.3 Å². The second-order valence-corrected chi connectivity index (χ2v) is 4.76. The van der Waals surface area contributed by atoms with Gasteiger partial charge >= 0.3 is 0 Å². The Bertz CT molecular complexity index is 566. The highest BCUT2D eigenvalue weighted by Crippen LogP contribution is 2.34. The van der Waals surface area contributed by atoms with Crippen LogP contribution in [0, 0.1) is 5.82 Å². The molecule has 2 heterocycles. The smallest absolute Gasteiger partial charge is 0.158 e. The van der Waals surface area contributed by atoms with Crippen molar-refractivity contribution < 1.29 is 9.13 Å². The zero-order valence-corrected chi connectivity index (χ0v) is 10.2. The molecule has 1 aliphatic rings. The summed E-state index contributed by atoms with van der Waals surface area (Å²) in [5, 5.41) is 4.99. The van der Waals surface area contributed by atoms with Crippen LogP contribution >= 0.6 is 11.8 Å². The van der Waals surface area contributed by atoms with Gasteiger partial charge in [0.15, 0.2) is 5.76 Å². The van der Waals surface area contributed by atoms with Crippen molar-refractivity contribution in [1.82, 2.24) is 14.8 Å². The fourth-order valence-electron chi connectivity index (χ4n) is 1.70. The predicted molar refractivity (Wildman–Crippen MR) is 67.9 cm³/mol. The summed E-state index contributed by atoms with van der Waals surface area (Å²) in [6.07, 6.45) is 3.10. The molecule has 18 heavy (non-hydrogen) atoms. The van der Waals surface area contributed by atoms with E-state index < -0.39 is 0 Å². The molecule has 0 saturated carbocycles. The summed E-state index contributed by atoms with van der Waals surface area (Å²) in [5.41, 5.74) is 0.842. The first-order valence-electron chi connectivity index (χ1n) is 5.45.